The molecule has 1 unspecified atom stereocenters. The zero-order valence-electron chi connectivity index (χ0n) is 11.1. The summed E-state index contributed by atoms with van der Waals surface area (Å²) in [5.74, 6) is 2.52. The van der Waals surface area contributed by atoms with Gasteiger partial charge in [0.1, 0.15) is 0 Å². The molecule has 3 fully saturated rings. The minimum absolute atomic E-state index is 0.177. The van der Waals surface area contributed by atoms with E-state index >= 15 is 0 Å². The molecule has 3 rings (SSSR count). The van der Waals surface area contributed by atoms with Gasteiger partial charge in [-0.15, -0.1) is 0 Å². The molecule has 0 radical (unpaired) electrons. The lowest BCUT2D eigenvalue weighted by Crippen LogP contribution is -2.52. The molecular formula is C14H25NO2S. The average molecular weight is 271 g/mol. The molecule has 3 aliphatic heterocycles. The minimum Gasteiger partial charge on any atom is -0.395 e. The number of hydrogen-bond donors (Lipinski definition) is 1. The number of thioether (sulfide) groups is 1. The van der Waals surface area contributed by atoms with Crippen LogP contribution in [0.25, 0.3) is 0 Å². The van der Waals surface area contributed by atoms with Crippen LogP contribution in [0.5, 0.6) is 0 Å². The van der Waals surface area contributed by atoms with Crippen LogP contribution in [0.15, 0.2) is 0 Å². The zero-order valence-corrected chi connectivity index (χ0v) is 12.0. The number of likely N-dealkylation sites (tertiary alicyclic amines) is 1. The van der Waals surface area contributed by atoms with Crippen molar-refractivity contribution in [2.75, 3.05) is 31.3 Å². The van der Waals surface area contributed by atoms with Gasteiger partial charge in [0.25, 0.3) is 0 Å². The predicted octanol–water partition coefficient (Wildman–Crippen LogP) is 1.89. The van der Waals surface area contributed by atoms with Gasteiger partial charge in [-0.2, -0.15) is 11.8 Å². The summed E-state index contributed by atoms with van der Waals surface area (Å²) < 4.78 is 6.16. The van der Waals surface area contributed by atoms with Gasteiger partial charge in [-0.3, -0.25) is 4.90 Å². The van der Waals surface area contributed by atoms with Crippen LogP contribution < -0.4 is 0 Å². The largest absolute Gasteiger partial charge is 0.395 e. The molecule has 1 N–H and O–H groups in total. The van der Waals surface area contributed by atoms with Crippen LogP contribution in [-0.2, 0) is 4.74 Å². The Hall–Kier alpha value is 0.230. The molecule has 3 heterocycles. The highest BCUT2D eigenvalue weighted by Crippen LogP contribution is 2.40. The lowest BCUT2D eigenvalue weighted by atomic mass is 9.84. The Kier molecular flexibility index (Phi) is 4.18. The lowest BCUT2D eigenvalue weighted by Gasteiger charge is -2.46. The number of aliphatic hydroxyl groups excluding tert-OH is 1. The highest BCUT2D eigenvalue weighted by Gasteiger charge is 2.42. The van der Waals surface area contributed by atoms with E-state index in [1.54, 1.807) is 0 Å². The normalized spacial score (nSPS) is 37.2. The van der Waals surface area contributed by atoms with E-state index in [9.17, 15) is 5.11 Å². The smallest absolute Gasteiger partial charge is 0.0713 e. The third kappa shape index (κ3) is 2.58. The molecule has 1 spiro atoms. The van der Waals surface area contributed by atoms with E-state index in [-0.39, 0.29) is 5.60 Å². The summed E-state index contributed by atoms with van der Waals surface area (Å²) in [5, 5.41) is 9.49. The second-order valence-corrected chi connectivity index (χ2v) is 7.23. The van der Waals surface area contributed by atoms with E-state index in [1.807, 2.05) is 0 Å². The maximum atomic E-state index is 9.49. The fraction of sp³-hybridized carbons (Fsp3) is 1.00. The Morgan fingerprint density at radius 2 is 2.11 bits per heavy atom. The molecule has 4 heteroatoms. The molecule has 0 aromatic rings. The number of rotatable bonds is 2. The molecule has 104 valence electrons. The van der Waals surface area contributed by atoms with Gasteiger partial charge in [-0.05, 0) is 56.6 Å². The monoisotopic (exact) mass is 271 g/mol. The van der Waals surface area contributed by atoms with Gasteiger partial charge in [-0.25, -0.2) is 0 Å². The minimum atomic E-state index is 0.177. The summed E-state index contributed by atoms with van der Waals surface area (Å²) in [6.07, 6.45) is 7.25. The van der Waals surface area contributed by atoms with Crippen molar-refractivity contribution < 1.29 is 9.84 Å². The van der Waals surface area contributed by atoms with Gasteiger partial charge < -0.3 is 9.84 Å². The van der Waals surface area contributed by atoms with Gasteiger partial charge in [0.15, 0.2) is 0 Å². The summed E-state index contributed by atoms with van der Waals surface area (Å²) in [6, 6.07) is 1.07. The predicted molar refractivity (Wildman–Crippen MR) is 75.1 cm³/mol. The Labute approximate surface area is 114 Å². The summed E-state index contributed by atoms with van der Waals surface area (Å²) >= 11 is 2.07. The summed E-state index contributed by atoms with van der Waals surface area (Å²) in [7, 11) is 0. The second kappa shape index (κ2) is 5.70. The molecule has 3 saturated heterocycles. The van der Waals surface area contributed by atoms with Crippen molar-refractivity contribution >= 4 is 11.8 Å². The van der Waals surface area contributed by atoms with Crippen LogP contribution in [0.4, 0.5) is 0 Å². The number of ether oxygens (including phenoxy) is 1. The Bertz CT molecular complexity index is 275. The second-order valence-electron chi connectivity index (χ2n) is 6.01. The lowest BCUT2D eigenvalue weighted by molar-refractivity contribution is -0.113. The van der Waals surface area contributed by atoms with E-state index in [4.69, 9.17) is 4.74 Å². The topological polar surface area (TPSA) is 32.7 Å². The van der Waals surface area contributed by atoms with E-state index < -0.39 is 0 Å². The molecule has 3 nitrogen and oxygen atoms in total. The number of aliphatic hydroxyl groups is 1. The molecule has 0 aromatic carbocycles. The average Bonchev–Trinajstić information content (AvgIpc) is 2.88. The van der Waals surface area contributed by atoms with Crippen LogP contribution in [0.1, 0.15) is 38.5 Å². The van der Waals surface area contributed by atoms with Gasteiger partial charge in [0.2, 0.25) is 0 Å². The highest BCUT2D eigenvalue weighted by molar-refractivity contribution is 7.99. The standard InChI is InChI=1S/C14H25NO2S/c16-11-13-2-1-6-15(13)12-3-7-17-14(10-12)4-8-18-9-5-14/h12-13,16H,1-11H2/t12?,13-/m0/s1. The van der Waals surface area contributed by atoms with Crippen molar-refractivity contribution in [2.24, 2.45) is 0 Å². The van der Waals surface area contributed by atoms with Crippen molar-refractivity contribution in [3.63, 3.8) is 0 Å². The molecule has 0 saturated carbocycles. The molecule has 0 aliphatic carbocycles. The molecule has 3 aliphatic rings. The molecule has 0 aromatic heterocycles. The molecule has 18 heavy (non-hydrogen) atoms. The van der Waals surface area contributed by atoms with Crippen LogP contribution in [0.2, 0.25) is 0 Å². The van der Waals surface area contributed by atoms with Gasteiger partial charge >= 0.3 is 0 Å². The first kappa shape index (κ1) is 13.2. The maximum absolute atomic E-state index is 9.49. The first-order chi connectivity index (χ1) is 8.83. The fourth-order valence-electron chi connectivity index (χ4n) is 3.91. The number of nitrogens with zero attached hydrogens (tertiary/aromatic N) is 1. The quantitative estimate of drug-likeness (QED) is 0.831. The van der Waals surface area contributed by atoms with E-state index in [0.717, 1.165) is 13.0 Å². The fourth-order valence-corrected chi connectivity index (χ4v) is 5.15. The van der Waals surface area contributed by atoms with E-state index in [1.165, 1.54) is 50.2 Å². The third-order valence-electron chi connectivity index (χ3n) is 4.97. The van der Waals surface area contributed by atoms with Crippen molar-refractivity contribution in [3.8, 4) is 0 Å². The van der Waals surface area contributed by atoms with Crippen molar-refractivity contribution in [1.29, 1.82) is 0 Å². The van der Waals surface area contributed by atoms with Crippen LogP contribution in [0, 0.1) is 0 Å². The number of hydrogen-bond acceptors (Lipinski definition) is 4. The summed E-state index contributed by atoms with van der Waals surface area (Å²) in [6.45, 7) is 2.44. The zero-order chi connectivity index (χ0) is 12.4. The highest BCUT2D eigenvalue weighted by atomic mass is 32.2. The summed E-state index contributed by atoms with van der Waals surface area (Å²) in [4.78, 5) is 2.58. The molecule has 0 bridgehead atoms. The molecular weight excluding hydrogens is 246 g/mol. The van der Waals surface area contributed by atoms with Crippen molar-refractivity contribution in [2.45, 2.75) is 56.2 Å². The van der Waals surface area contributed by atoms with Gasteiger partial charge in [-0.1, -0.05) is 0 Å². The van der Waals surface area contributed by atoms with Crippen LogP contribution >= 0.6 is 11.8 Å². The van der Waals surface area contributed by atoms with Gasteiger partial charge in [0.05, 0.1) is 12.2 Å². The summed E-state index contributed by atoms with van der Waals surface area (Å²) in [5.41, 5.74) is 0.177. The Morgan fingerprint density at radius 3 is 2.89 bits per heavy atom. The van der Waals surface area contributed by atoms with E-state index in [2.05, 4.69) is 16.7 Å². The molecule has 2 atom stereocenters. The van der Waals surface area contributed by atoms with Crippen molar-refractivity contribution in [3.05, 3.63) is 0 Å². The van der Waals surface area contributed by atoms with Crippen molar-refractivity contribution in [1.82, 2.24) is 4.90 Å². The SMILES string of the molecule is OC[C@@H]1CCCN1C1CCOC2(CCSCC2)C1. The van der Waals surface area contributed by atoms with Crippen LogP contribution in [0.3, 0.4) is 0 Å². The first-order valence-corrected chi connectivity index (χ1v) is 8.57. The van der Waals surface area contributed by atoms with E-state index in [0.29, 0.717) is 18.7 Å². The third-order valence-corrected chi connectivity index (χ3v) is 5.96. The Morgan fingerprint density at radius 1 is 1.28 bits per heavy atom. The Balaban J connectivity index is 1.66. The first-order valence-electron chi connectivity index (χ1n) is 7.41. The van der Waals surface area contributed by atoms with Gasteiger partial charge in [0, 0.05) is 18.7 Å². The van der Waals surface area contributed by atoms with Crippen LogP contribution in [-0.4, -0.2) is 59.0 Å². The molecule has 0 amide bonds. The maximum Gasteiger partial charge on any atom is 0.0713 e.